The van der Waals surface area contributed by atoms with E-state index in [4.69, 9.17) is 11.6 Å². The van der Waals surface area contributed by atoms with Crippen molar-refractivity contribution in [2.75, 3.05) is 7.05 Å². The summed E-state index contributed by atoms with van der Waals surface area (Å²) in [7, 11) is 1.52. The van der Waals surface area contributed by atoms with Gasteiger partial charge in [0, 0.05) is 18.5 Å². The number of aliphatic carboxylic acids is 1. The van der Waals surface area contributed by atoms with Crippen LogP contribution in [0.3, 0.4) is 0 Å². The molecule has 21 heavy (non-hydrogen) atoms. The molecule has 0 radical (unpaired) electrons. The Labute approximate surface area is 130 Å². The van der Waals surface area contributed by atoms with Crippen molar-refractivity contribution in [1.29, 1.82) is 0 Å². The topological polar surface area (TPSA) is 57.6 Å². The van der Waals surface area contributed by atoms with E-state index in [0.717, 1.165) is 5.56 Å². The summed E-state index contributed by atoms with van der Waals surface area (Å²) in [6.07, 6.45) is 3.30. The number of hydrogen-bond acceptors (Lipinski definition) is 2. The zero-order valence-electron chi connectivity index (χ0n) is 12.1. The normalized spacial score (nSPS) is 11.7. The smallest absolute Gasteiger partial charge is 0.326 e. The molecule has 5 heteroatoms. The number of allylic oxidation sites excluding steroid dienone is 1. The Balaban J connectivity index is 2.69. The number of benzene rings is 1. The van der Waals surface area contributed by atoms with Crippen LogP contribution in [0.5, 0.6) is 0 Å². The molecule has 1 atom stereocenters. The van der Waals surface area contributed by atoms with Crippen LogP contribution >= 0.6 is 11.6 Å². The monoisotopic (exact) mass is 309 g/mol. The molecule has 1 rings (SSSR count). The van der Waals surface area contributed by atoms with Crippen LogP contribution in [0.15, 0.2) is 36.9 Å². The van der Waals surface area contributed by atoms with Gasteiger partial charge in [-0.3, -0.25) is 4.79 Å². The lowest BCUT2D eigenvalue weighted by molar-refractivity contribution is -0.149. The summed E-state index contributed by atoms with van der Waals surface area (Å²) in [6.45, 7) is 3.56. The second-order valence-electron chi connectivity index (χ2n) is 4.82. The van der Waals surface area contributed by atoms with Gasteiger partial charge in [-0.25, -0.2) is 4.79 Å². The molecule has 1 aromatic rings. The highest BCUT2D eigenvalue weighted by molar-refractivity contribution is 6.31. The van der Waals surface area contributed by atoms with Crippen molar-refractivity contribution in [1.82, 2.24) is 4.90 Å². The van der Waals surface area contributed by atoms with Crippen molar-refractivity contribution in [2.24, 2.45) is 0 Å². The second kappa shape index (κ2) is 8.47. The number of hydrogen-bond donors (Lipinski definition) is 1. The van der Waals surface area contributed by atoms with Gasteiger partial charge in [0.05, 0.1) is 0 Å². The minimum atomic E-state index is -1.00. The van der Waals surface area contributed by atoms with Gasteiger partial charge in [0.2, 0.25) is 5.91 Å². The van der Waals surface area contributed by atoms with Gasteiger partial charge in [0.1, 0.15) is 6.04 Å². The summed E-state index contributed by atoms with van der Waals surface area (Å²) < 4.78 is 0. The predicted molar refractivity (Wildman–Crippen MR) is 83.4 cm³/mol. The highest BCUT2D eigenvalue weighted by atomic mass is 35.5. The molecule has 4 nitrogen and oxygen atoms in total. The van der Waals surface area contributed by atoms with Crippen molar-refractivity contribution < 1.29 is 14.7 Å². The van der Waals surface area contributed by atoms with Crippen molar-refractivity contribution in [2.45, 2.75) is 31.7 Å². The van der Waals surface area contributed by atoms with Crippen LogP contribution in [0.4, 0.5) is 0 Å². The van der Waals surface area contributed by atoms with Gasteiger partial charge in [-0.05, 0) is 30.9 Å². The predicted octanol–water partition coefficient (Wildman–Crippen LogP) is 3.15. The van der Waals surface area contributed by atoms with Crippen LogP contribution in [0.1, 0.15) is 24.8 Å². The molecule has 1 N–H and O–H groups in total. The summed E-state index contributed by atoms with van der Waals surface area (Å²) in [4.78, 5) is 24.6. The molecule has 0 saturated carbocycles. The van der Waals surface area contributed by atoms with E-state index >= 15 is 0 Å². The van der Waals surface area contributed by atoms with Gasteiger partial charge in [0.25, 0.3) is 0 Å². The number of carboxylic acids is 1. The summed E-state index contributed by atoms with van der Waals surface area (Å²) in [6, 6.07) is 6.46. The van der Waals surface area contributed by atoms with Crippen LogP contribution < -0.4 is 0 Å². The van der Waals surface area contributed by atoms with Gasteiger partial charge >= 0.3 is 5.97 Å². The fraction of sp³-hybridized carbons (Fsp3) is 0.375. The van der Waals surface area contributed by atoms with Gasteiger partial charge in [-0.1, -0.05) is 35.9 Å². The van der Waals surface area contributed by atoms with Gasteiger partial charge in [0.15, 0.2) is 0 Å². The van der Waals surface area contributed by atoms with Crippen LogP contribution in [-0.4, -0.2) is 35.0 Å². The molecular formula is C16H20ClNO3. The maximum Gasteiger partial charge on any atom is 0.326 e. The molecule has 0 aliphatic rings. The number of carbonyl (C=O) groups excluding carboxylic acids is 1. The average Bonchev–Trinajstić information content (AvgIpc) is 2.46. The number of nitrogens with zero attached hydrogens (tertiary/aromatic N) is 1. The molecule has 0 heterocycles. The number of halogens is 1. The second-order valence-corrected chi connectivity index (χ2v) is 5.22. The maximum absolute atomic E-state index is 11.9. The number of carboxylic acid groups (broad SMARTS) is 1. The van der Waals surface area contributed by atoms with Gasteiger partial charge < -0.3 is 10.0 Å². The number of aryl methyl sites for hydroxylation is 1. The first kappa shape index (κ1) is 17.2. The van der Waals surface area contributed by atoms with E-state index in [1.54, 1.807) is 12.1 Å². The van der Waals surface area contributed by atoms with E-state index < -0.39 is 12.0 Å². The Morgan fingerprint density at radius 3 is 2.67 bits per heavy atom. The molecule has 0 unspecified atom stereocenters. The molecule has 0 spiro atoms. The zero-order valence-corrected chi connectivity index (χ0v) is 12.8. The minimum absolute atomic E-state index is 0.193. The lowest BCUT2D eigenvalue weighted by Crippen LogP contribution is -2.42. The Kier molecular flexibility index (Phi) is 6.96. The van der Waals surface area contributed by atoms with E-state index in [2.05, 4.69) is 6.58 Å². The Morgan fingerprint density at radius 1 is 1.43 bits per heavy atom. The first-order chi connectivity index (χ1) is 9.97. The van der Waals surface area contributed by atoms with E-state index in [1.165, 1.54) is 11.9 Å². The van der Waals surface area contributed by atoms with Crippen molar-refractivity contribution in [3.05, 3.63) is 47.5 Å². The van der Waals surface area contributed by atoms with Crippen LogP contribution in [-0.2, 0) is 16.0 Å². The number of amides is 1. The zero-order chi connectivity index (χ0) is 15.8. The van der Waals surface area contributed by atoms with Crippen LogP contribution in [0.2, 0.25) is 5.02 Å². The van der Waals surface area contributed by atoms with E-state index in [0.29, 0.717) is 24.3 Å². The van der Waals surface area contributed by atoms with Crippen molar-refractivity contribution >= 4 is 23.5 Å². The fourth-order valence-corrected chi connectivity index (χ4v) is 2.28. The lowest BCUT2D eigenvalue weighted by Gasteiger charge is -2.25. The first-order valence-electron chi connectivity index (χ1n) is 6.80. The molecule has 1 amide bonds. The summed E-state index contributed by atoms with van der Waals surface area (Å²) in [5, 5.41) is 9.93. The van der Waals surface area contributed by atoms with Crippen molar-refractivity contribution in [3.63, 3.8) is 0 Å². The van der Waals surface area contributed by atoms with Gasteiger partial charge in [-0.15, -0.1) is 6.58 Å². The number of rotatable bonds is 8. The first-order valence-corrected chi connectivity index (χ1v) is 7.18. The standard InChI is InChI=1S/C16H20ClNO3/c1-3-4-9-15(19)18(2)14(16(20)21)11-10-12-7-5-6-8-13(12)17/h3,5-8,14H,1,4,9-11H2,2H3,(H,20,21)/t14-/m0/s1. The van der Waals surface area contributed by atoms with Crippen molar-refractivity contribution in [3.8, 4) is 0 Å². The lowest BCUT2D eigenvalue weighted by atomic mass is 10.0. The molecule has 0 fully saturated rings. The summed E-state index contributed by atoms with van der Waals surface area (Å²) >= 11 is 6.06. The minimum Gasteiger partial charge on any atom is -0.480 e. The molecule has 1 aromatic carbocycles. The highest BCUT2D eigenvalue weighted by Crippen LogP contribution is 2.18. The summed E-state index contributed by atoms with van der Waals surface area (Å²) in [5.41, 5.74) is 0.886. The molecule has 0 aliphatic carbocycles. The Bertz CT molecular complexity index is 516. The third-order valence-corrected chi connectivity index (χ3v) is 3.72. The number of carbonyl (C=O) groups is 2. The molecule has 0 saturated heterocycles. The largest absolute Gasteiger partial charge is 0.480 e. The van der Waals surface area contributed by atoms with Gasteiger partial charge in [-0.2, -0.15) is 0 Å². The van der Waals surface area contributed by atoms with E-state index in [9.17, 15) is 14.7 Å². The third-order valence-electron chi connectivity index (χ3n) is 3.35. The molecular weight excluding hydrogens is 290 g/mol. The van der Waals surface area contributed by atoms with Crippen LogP contribution in [0, 0.1) is 0 Å². The highest BCUT2D eigenvalue weighted by Gasteiger charge is 2.25. The molecule has 0 bridgehead atoms. The SMILES string of the molecule is C=CCCC(=O)N(C)[C@@H](CCc1ccccc1Cl)C(=O)O. The van der Waals surface area contributed by atoms with E-state index in [-0.39, 0.29) is 12.3 Å². The Hall–Kier alpha value is -1.81. The molecule has 114 valence electrons. The summed E-state index contributed by atoms with van der Waals surface area (Å²) in [5.74, 6) is -1.20. The van der Waals surface area contributed by atoms with Crippen LogP contribution in [0.25, 0.3) is 0 Å². The maximum atomic E-state index is 11.9. The number of likely N-dealkylation sites (N-methyl/N-ethyl adjacent to an activating group) is 1. The molecule has 0 aliphatic heterocycles. The Morgan fingerprint density at radius 2 is 2.10 bits per heavy atom. The third kappa shape index (κ3) is 5.23. The quantitative estimate of drug-likeness (QED) is 0.750. The fourth-order valence-electron chi connectivity index (χ4n) is 2.05. The molecule has 0 aromatic heterocycles. The van der Waals surface area contributed by atoms with E-state index in [1.807, 2.05) is 18.2 Å². The average molecular weight is 310 g/mol.